The summed E-state index contributed by atoms with van der Waals surface area (Å²) in [6.45, 7) is 8.88. The van der Waals surface area contributed by atoms with Crippen LogP contribution in [0.25, 0.3) is 0 Å². The summed E-state index contributed by atoms with van der Waals surface area (Å²) in [5.41, 5.74) is 3.19. The quantitative estimate of drug-likeness (QED) is 0.848. The van der Waals surface area contributed by atoms with Crippen molar-refractivity contribution in [1.82, 2.24) is 5.32 Å². The van der Waals surface area contributed by atoms with Gasteiger partial charge in [-0.25, -0.2) is 0 Å². The molecular formula is C19H31NO. The minimum absolute atomic E-state index is 0.418. The van der Waals surface area contributed by atoms with Crippen LogP contribution in [-0.4, -0.2) is 19.7 Å². The summed E-state index contributed by atoms with van der Waals surface area (Å²) >= 11 is 0. The van der Waals surface area contributed by atoms with Crippen LogP contribution in [0.1, 0.15) is 51.2 Å². The van der Waals surface area contributed by atoms with Crippen LogP contribution in [0.3, 0.4) is 0 Å². The van der Waals surface area contributed by atoms with E-state index in [1.807, 2.05) is 7.05 Å². The Balaban J connectivity index is 1.93. The molecule has 2 heteroatoms. The third-order valence-corrected chi connectivity index (χ3v) is 4.58. The molecule has 0 bridgehead atoms. The molecule has 118 valence electrons. The topological polar surface area (TPSA) is 21.3 Å². The van der Waals surface area contributed by atoms with Gasteiger partial charge in [0.25, 0.3) is 0 Å². The molecule has 21 heavy (non-hydrogen) atoms. The average molecular weight is 289 g/mol. The summed E-state index contributed by atoms with van der Waals surface area (Å²) in [5, 5.41) is 3.22. The molecule has 0 saturated heterocycles. The second-order valence-electron chi connectivity index (χ2n) is 7.47. The van der Waals surface area contributed by atoms with Gasteiger partial charge in [-0.1, -0.05) is 45.0 Å². The molecule has 0 aliphatic heterocycles. The highest BCUT2D eigenvalue weighted by Crippen LogP contribution is 2.39. The maximum absolute atomic E-state index is 6.28. The number of hydrogen-bond acceptors (Lipinski definition) is 2. The molecule has 2 rings (SSSR count). The van der Waals surface area contributed by atoms with Gasteiger partial charge >= 0.3 is 0 Å². The second-order valence-corrected chi connectivity index (χ2v) is 7.47. The first kappa shape index (κ1) is 16.5. The van der Waals surface area contributed by atoms with E-state index in [1.165, 1.54) is 30.4 Å². The number of likely N-dealkylation sites (N-methyl/N-ethyl adjacent to an activating group) is 1. The third-order valence-electron chi connectivity index (χ3n) is 4.58. The van der Waals surface area contributed by atoms with Gasteiger partial charge in [-0.3, -0.25) is 0 Å². The zero-order valence-corrected chi connectivity index (χ0v) is 14.1. The molecule has 1 aliphatic carbocycles. The Bertz CT molecular complexity index is 441. The van der Waals surface area contributed by atoms with E-state index >= 15 is 0 Å². The molecule has 2 atom stereocenters. The molecule has 0 amide bonds. The van der Waals surface area contributed by atoms with Crippen LogP contribution in [-0.2, 0) is 17.8 Å². The van der Waals surface area contributed by atoms with Crippen molar-refractivity contribution in [1.29, 1.82) is 0 Å². The van der Waals surface area contributed by atoms with E-state index in [4.69, 9.17) is 4.74 Å². The molecular weight excluding hydrogens is 258 g/mol. The van der Waals surface area contributed by atoms with Crippen LogP contribution in [0.15, 0.2) is 24.3 Å². The largest absolute Gasteiger partial charge is 0.374 e. The van der Waals surface area contributed by atoms with Crippen molar-refractivity contribution >= 4 is 0 Å². The first-order valence-electron chi connectivity index (χ1n) is 8.33. The highest BCUT2D eigenvalue weighted by molar-refractivity contribution is 5.26. The fourth-order valence-corrected chi connectivity index (χ4v) is 3.79. The Morgan fingerprint density at radius 3 is 2.57 bits per heavy atom. The lowest BCUT2D eigenvalue weighted by atomic mass is 9.71. The molecule has 2 unspecified atom stereocenters. The highest BCUT2D eigenvalue weighted by Gasteiger charge is 2.32. The maximum atomic E-state index is 6.28. The molecule has 1 aromatic carbocycles. The van der Waals surface area contributed by atoms with E-state index in [0.29, 0.717) is 11.5 Å². The van der Waals surface area contributed by atoms with Crippen molar-refractivity contribution in [3.8, 4) is 0 Å². The summed E-state index contributed by atoms with van der Waals surface area (Å²) < 4.78 is 6.28. The van der Waals surface area contributed by atoms with Gasteiger partial charge in [0.15, 0.2) is 0 Å². The molecule has 1 N–H and O–H groups in total. The van der Waals surface area contributed by atoms with Gasteiger partial charge in [0.05, 0.1) is 12.7 Å². The van der Waals surface area contributed by atoms with E-state index in [2.05, 4.69) is 50.4 Å². The standard InChI is InChI=1S/C19H31NO/c1-15-11-18(13-19(2,3)12-15)21-14-17-8-6-5-7-16(17)9-10-20-4/h5-8,15,18,20H,9-14H2,1-4H3. The lowest BCUT2D eigenvalue weighted by Gasteiger charge is -2.38. The maximum Gasteiger partial charge on any atom is 0.0723 e. The Labute approximate surface area is 130 Å². The minimum Gasteiger partial charge on any atom is -0.374 e. The van der Waals surface area contributed by atoms with E-state index in [0.717, 1.165) is 25.5 Å². The summed E-state index contributed by atoms with van der Waals surface area (Å²) in [6.07, 6.45) is 5.22. The van der Waals surface area contributed by atoms with E-state index in [1.54, 1.807) is 0 Å². The zero-order valence-electron chi connectivity index (χ0n) is 14.1. The van der Waals surface area contributed by atoms with Gasteiger partial charge < -0.3 is 10.1 Å². The Morgan fingerprint density at radius 1 is 1.19 bits per heavy atom. The summed E-state index contributed by atoms with van der Waals surface area (Å²) in [6, 6.07) is 8.68. The Kier molecular flexibility index (Phi) is 5.83. The lowest BCUT2D eigenvalue weighted by molar-refractivity contribution is -0.0318. The van der Waals surface area contributed by atoms with E-state index in [-0.39, 0.29) is 0 Å². The van der Waals surface area contributed by atoms with Crippen LogP contribution in [0, 0.1) is 11.3 Å². The first-order chi connectivity index (χ1) is 10.00. The van der Waals surface area contributed by atoms with E-state index in [9.17, 15) is 0 Å². The lowest BCUT2D eigenvalue weighted by Crippen LogP contribution is -2.32. The molecule has 0 radical (unpaired) electrons. The number of benzene rings is 1. The van der Waals surface area contributed by atoms with Crippen LogP contribution in [0.4, 0.5) is 0 Å². The van der Waals surface area contributed by atoms with Gasteiger partial charge in [0, 0.05) is 0 Å². The molecule has 1 aromatic rings. The van der Waals surface area contributed by atoms with Crippen molar-refractivity contribution in [3.05, 3.63) is 35.4 Å². The van der Waals surface area contributed by atoms with Crippen LogP contribution < -0.4 is 5.32 Å². The molecule has 1 fully saturated rings. The minimum atomic E-state index is 0.418. The number of hydrogen-bond donors (Lipinski definition) is 1. The smallest absolute Gasteiger partial charge is 0.0723 e. The first-order valence-corrected chi connectivity index (χ1v) is 8.33. The van der Waals surface area contributed by atoms with Crippen molar-refractivity contribution in [3.63, 3.8) is 0 Å². The predicted octanol–water partition coefficient (Wildman–Crippen LogP) is 4.18. The van der Waals surface area contributed by atoms with Crippen molar-refractivity contribution in [2.75, 3.05) is 13.6 Å². The molecule has 0 heterocycles. The monoisotopic (exact) mass is 289 g/mol. The average Bonchev–Trinajstić information content (AvgIpc) is 2.41. The molecule has 1 saturated carbocycles. The summed E-state index contributed by atoms with van der Waals surface area (Å²) in [4.78, 5) is 0. The van der Waals surface area contributed by atoms with Gasteiger partial charge in [-0.05, 0) is 61.7 Å². The van der Waals surface area contributed by atoms with Crippen molar-refractivity contribution in [2.24, 2.45) is 11.3 Å². The normalized spacial score (nSPS) is 25.0. The second kappa shape index (κ2) is 7.42. The molecule has 2 nitrogen and oxygen atoms in total. The van der Waals surface area contributed by atoms with Gasteiger partial charge in [0.1, 0.15) is 0 Å². The highest BCUT2D eigenvalue weighted by atomic mass is 16.5. The van der Waals surface area contributed by atoms with Crippen molar-refractivity contribution < 1.29 is 4.74 Å². The summed E-state index contributed by atoms with van der Waals surface area (Å²) in [7, 11) is 2.00. The third kappa shape index (κ3) is 5.12. The summed E-state index contributed by atoms with van der Waals surface area (Å²) in [5.74, 6) is 0.776. The predicted molar refractivity (Wildman–Crippen MR) is 89.4 cm³/mol. The Morgan fingerprint density at radius 2 is 1.90 bits per heavy atom. The zero-order chi connectivity index (χ0) is 15.3. The fourth-order valence-electron chi connectivity index (χ4n) is 3.79. The van der Waals surface area contributed by atoms with Gasteiger partial charge in [0.2, 0.25) is 0 Å². The number of ether oxygens (including phenoxy) is 1. The van der Waals surface area contributed by atoms with E-state index < -0.39 is 0 Å². The van der Waals surface area contributed by atoms with Crippen LogP contribution >= 0.6 is 0 Å². The van der Waals surface area contributed by atoms with Crippen molar-refractivity contribution in [2.45, 2.75) is 59.2 Å². The van der Waals surface area contributed by atoms with Gasteiger partial charge in [-0.2, -0.15) is 0 Å². The number of rotatable bonds is 6. The molecule has 0 spiro atoms. The number of nitrogens with one attached hydrogen (secondary N) is 1. The molecule has 0 aromatic heterocycles. The molecule has 1 aliphatic rings. The van der Waals surface area contributed by atoms with Crippen LogP contribution in [0.5, 0.6) is 0 Å². The SMILES string of the molecule is CNCCc1ccccc1COC1CC(C)CC(C)(C)C1. The Hall–Kier alpha value is -0.860. The fraction of sp³-hybridized carbons (Fsp3) is 0.684. The van der Waals surface area contributed by atoms with Crippen LogP contribution in [0.2, 0.25) is 0 Å². The van der Waals surface area contributed by atoms with Gasteiger partial charge in [-0.15, -0.1) is 0 Å².